The maximum atomic E-state index is 5.45. The molecule has 0 saturated carbocycles. The van der Waals surface area contributed by atoms with Crippen molar-refractivity contribution in [2.75, 3.05) is 14.2 Å². The highest BCUT2D eigenvalue weighted by atomic mass is 16.5. The standard InChI is InChI=1S/C22H26O2/c1-4-5-7-17-8-6-9-18-11-12-19(22(17)18)14-16-10-13-20(23-2)21(15-16)24-3/h4,6,8-10,13,15,19H,1,5,7,11-12,14H2,2-3H3/t19-/m1/s1. The van der Waals surface area contributed by atoms with Gasteiger partial charge in [0.1, 0.15) is 0 Å². The van der Waals surface area contributed by atoms with Crippen molar-refractivity contribution in [3.8, 4) is 11.5 Å². The summed E-state index contributed by atoms with van der Waals surface area (Å²) in [4.78, 5) is 0. The van der Waals surface area contributed by atoms with Gasteiger partial charge in [0.05, 0.1) is 14.2 Å². The fraction of sp³-hybridized carbons (Fsp3) is 0.364. The Balaban J connectivity index is 1.85. The molecule has 1 aliphatic rings. The number of hydrogen-bond acceptors (Lipinski definition) is 2. The van der Waals surface area contributed by atoms with Crippen LogP contribution < -0.4 is 9.47 Å². The molecule has 1 aliphatic carbocycles. The van der Waals surface area contributed by atoms with Gasteiger partial charge in [-0.05, 0) is 72.4 Å². The average molecular weight is 322 g/mol. The van der Waals surface area contributed by atoms with E-state index >= 15 is 0 Å². The van der Waals surface area contributed by atoms with Crippen LogP contribution in [0, 0.1) is 0 Å². The van der Waals surface area contributed by atoms with Crippen molar-refractivity contribution in [1.29, 1.82) is 0 Å². The highest BCUT2D eigenvalue weighted by Crippen LogP contribution is 2.39. The topological polar surface area (TPSA) is 18.5 Å². The first-order chi connectivity index (χ1) is 11.8. The lowest BCUT2D eigenvalue weighted by molar-refractivity contribution is 0.354. The first-order valence-electron chi connectivity index (χ1n) is 8.69. The van der Waals surface area contributed by atoms with Gasteiger partial charge in [0.2, 0.25) is 0 Å². The summed E-state index contributed by atoms with van der Waals surface area (Å²) in [5, 5.41) is 0. The number of fused-ring (bicyclic) bond motifs is 1. The smallest absolute Gasteiger partial charge is 0.160 e. The molecule has 0 aromatic heterocycles. The molecule has 2 nitrogen and oxygen atoms in total. The number of hydrogen-bond donors (Lipinski definition) is 0. The molecular formula is C22H26O2. The fourth-order valence-corrected chi connectivity index (χ4v) is 3.85. The summed E-state index contributed by atoms with van der Waals surface area (Å²) in [5.41, 5.74) is 5.91. The first-order valence-corrected chi connectivity index (χ1v) is 8.69. The van der Waals surface area contributed by atoms with Gasteiger partial charge in [-0.3, -0.25) is 0 Å². The Morgan fingerprint density at radius 2 is 1.96 bits per heavy atom. The molecule has 3 rings (SSSR count). The van der Waals surface area contributed by atoms with Crippen LogP contribution in [0.3, 0.4) is 0 Å². The third kappa shape index (κ3) is 3.33. The van der Waals surface area contributed by atoms with Crippen LogP contribution in [0.25, 0.3) is 0 Å². The highest BCUT2D eigenvalue weighted by Gasteiger charge is 2.25. The molecule has 0 N–H and O–H groups in total. The summed E-state index contributed by atoms with van der Waals surface area (Å²) in [7, 11) is 3.37. The van der Waals surface area contributed by atoms with Crippen LogP contribution in [0.4, 0.5) is 0 Å². The number of benzene rings is 2. The molecule has 1 atom stereocenters. The molecule has 24 heavy (non-hydrogen) atoms. The van der Waals surface area contributed by atoms with Gasteiger partial charge in [0.15, 0.2) is 11.5 Å². The molecule has 0 aliphatic heterocycles. The number of allylic oxidation sites excluding steroid dienone is 1. The summed E-state index contributed by atoms with van der Waals surface area (Å²) < 4.78 is 10.8. The minimum atomic E-state index is 0.596. The quantitative estimate of drug-likeness (QED) is 0.661. The van der Waals surface area contributed by atoms with Crippen molar-refractivity contribution < 1.29 is 9.47 Å². The second-order valence-corrected chi connectivity index (χ2v) is 6.45. The van der Waals surface area contributed by atoms with E-state index in [4.69, 9.17) is 9.47 Å². The molecule has 126 valence electrons. The minimum absolute atomic E-state index is 0.596. The zero-order valence-corrected chi connectivity index (χ0v) is 14.7. The summed E-state index contributed by atoms with van der Waals surface area (Å²) >= 11 is 0. The van der Waals surface area contributed by atoms with Gasteiger partial charge in [-0.2, -0.15) is 0 Å². The molecule has 0 unspecified atom stereocenters. The molecule has 0 fully saturated rings. The molecule has 0 radical (unpaired) electrons. The predicted molar refractivity (Wildman–Crippen MR) is 99.3 cm³/mol. The Kier molecular flexibility index (Phi) is 5.24. The lowest BCUT2D eigenvalue weighted by Crippen LogP contribution is -2.03. The fourth-order valence-electron chi connectivity index (χ4n) is 3.85. The summed E-state index contributed by atoms with van der Waals surface area (Å²) in [6.07, 6.45) is 7.62. The zero-order chi connectivity index (χ0) is 16.9. The van der Waals surface area contributed by atoms with Crippen molar-refractivity contribution in [2.24, 2.45) is 0 Å². The Bertz CT molecular complexity index is 718. The maximum absolute atomic E-state index is 5.45. The van der Waals surface area contributed by atoms with Crippen molar-refractivity contribution >= 4 is 0 Å². The Hall–Kier alpha value is -2.22. The molecule has 0 bridgehead atoms. The predicted octanol–water partition coefficient (Wildman–Crippen LogP) is 5.09. The second kappa shape index (κ2) is 7.57. The van der Waals surface area contributed by atoms with Gasteiger partial charge in [0, 0.05) is 0 Å². The molecule has 0 heterocycles. The van der Waals surface area contributed by atoms with Crippen LogP contribution in [0.1, 0.15) is 41.0 Å². The van der Waals surface area contributed by atoms with E-state index in [1.54, 1.807) is 19.8 Å². The van der Waals surface area contributed by atoms with Crippen LogP contribution in [-0.2, 0) is 19.3 Å². The normalized spacial score (nSPS) is 15.8. The first kappa shape index (κ1) is 16.6. The molecule has 2 aromatic carbocycles. The molecular weight excluding hydrogens is 296 g/mol. The summed E-state index contributed by atoms with van der Waals surface area (Å²) in [5.74, 6) is 2.20. The van der Waals surface area contributed by atoms with Crippen molar-refractivity contribution in [3.05, 3.63) is 71.3 Å². The molecule has 0 saturated heterocycles. The number of methoxy groups -OCH3 is 2. The van der Waals surface area contributed by atoms with Gasteiger partial charge in [-0.1, -0.05) is 30.3 Å². The van der Waals surface area contributed by atoms with Crippen LogP contribution in [0.2, 0.25) is 0 Å². The van der Waals surface area contributed by atoms with E-state index in [1.165, 1.54) is 29.5 Å². The molecule has 0 spiro atoms. The summed E-state index contributed by atoms with van der Waals surface area (Å²) in [6.45, 7) is 3.87. The second-order valence-electron chi connectivity index (χ2n) is 6.45. The zero-order valence-electron chi connectivity index (χ0n) is 14.7. The van der Waals surface area contributed by atoms with E-state index in [2.05, 4.69) is 36.9 Å². The van der Waals surface area contributed by atoms with Gasteiger partial charge in [-0.15, -0.1) is 6.58 Å². The lowest BCUT2D eigenvalue weighted by atomic mass is 9.89. The van der Waals surface area contributed by atoms with Crippen molar-refractivity contribution in [2.45, 2.75) is 38.0 Å². The lowest BCUT2D eigenvalue weighted by Gasteiger charge is -2.17. The summed E-state index contributed by atoms with van der Waals surface area (Å²) in [6, 6.07) is 13.1. The highest BCUT2D eigenvalue weighted by molar-refractivity contribution is 5.46. The van der Waals surface area contributed by atoms with Crippen molar-refractivity contribution in [3.63, 3.8) is 0 Å². The minimum Gasteiger partial charge on any atom is -0.493 e. The monoisotopic (exact) mass is 322 g/mol. The Morgan fingerprint density at radius 3 is 2.71 bits per heavy atom. The third-order valence-electron chi connectivity index (χ3n) is 5.00. The Morgan fingerprint density at radius 1 is 1.12 bits per heavy atom. The maximum Gasteiger partial charge on any atom is 0.160 e. The molecule has 2 aromatic rings. The van der Waals surface area contributed by atoms with Crippen LogP contribution in [0.15, 0.2) is 49.1 Å². The van der Waals surface area contributed by atoms with Crippen LogP contribution in [-0.4, -0.2) is 14.2 Å². The number of rotatable bonds is 7. The van der Waals surface area contributed by atoms with Crippen LogP contribution in [0.5, 0.6) is 11.5 Å². The van der Waals surface area contributed by atoms with E-state index < -0.39 is 0 Å². The largest absolute Gasteiger partial charge is 0.493 e. The van der Waals surface area contributed by atoms with E-state index in [-0.39, 0.29) is 0 Å². The number of aryl methyl sites for hydroxylation is 2. The van der Waals surface area contributed by atoms with E-state index in [1.807, 2.05) is 12.1 Å². The Labute approximate surface area is 145 Å². The average Bonchev–Trinajstić information content (AvgIpc) is 3.03. The molecule has 0 amide bonds. The van der Waals surface area contributed by atoms with Gasteiger partial charge in [0.25, 0.3) is 0 Å². The van der Waals surface area contributed by atoms with Gasteiger partial charge in [-0.25, -0.2) is 0 Å². The van der Waals surface area contributed by atoms with Crippen LogP contribution >= 0.6 is 0 Å². The molecule has 2 heteroatoms. The SMILES string of the molecule is C=CCCc1cccc2c1[C@@H](Cc1ccc(OC)c(OC)c1)CC2. The van der Waals surface area contributed by atoms with Gasteiger partial charge >= 0.3 is 0 Å². The third-order valence-corrected chi connectivity index (χ3v) is 5.00. The van der Waals surface area contributed by atoms with Crippen molar-refractivity contribution in [1.82, 2.24) is 0 Å². The van der Waals surface area contributed by atoms with E-state index in [9.17, 15) is 0 Å². The number of ether oxygens (including phenoxy) is 2. The van der Waals surface area contributed by atoms with E-state index in [0.29, 0.717) is 5.92 Å². The van der Waals surface area contributed by atoms with Gasteiger partial charge < -0.3 is 9.47 Å². The van der Waals surface area contributed by atoms with E-state index in [0.717, 1.165) is 30.8 Å².